The quantitative estimate of drug-likeness (QED) is 0.0674. The van der Waals surface area contributed by atoms with Crippen LogP contribution in [0.25, 0.3) is 43.5 Å². The van der Waals surface area contributed by atoms with Crippen LogP contribution in [0.4, 0.5) is 17.5 Å². The molecule has 6 N–H and O–H groups in total. The number of fused-ring (bicyclic) bond motifs is 3. The van der Waals surface area contributed by atoms with E-state index in [1.165, 1.54) is 62.9 Å². The van der Waals surface area contributed by atoms with E-state index in [1.54, 1.807) is 48.1 Å². The Kier molecular flexibility index (Phi) is 21.1. The maximum atomic E-state index is 7.37. The Hall–Kier alpha value is -9.85. The van der Waals surface area contributed by atoms with Crippen LogP contribution in [0.2, 0.25) is 0 Å². The van der Waals surface area contributed by atoms with Crippen molar-refractivity contribution in [3.8, 4) is 68.7 Å². The molecule has 1 saturated carbocycles. The van der Waals surface area contributed by atoms with E-state index in [0.717, 1.165) is 99.5 Å². The van der Waals surface area contributed by atoms with Gasteiger partial charge in [-0.3, -0.25) is 14.0 Å². The molecule has 0 amide bonds. The lowest BCUT2D eigenvalue weighted by Crippen LogP contribution is -2.27. The van der Waals surface area contributed by atoms with Crippen LogP contribution >= 0.6 is 0 Å². The van der Waals surface area contributed by atoms with Crippen molar-refractivity contribution >= 4 is 17.5 Å². The highest BCUT2D eigenvalue weighted by Gasteiger charge is 2.30. The van der Waals surface area contributed by atoms with E-state index >= 15 is 0 Å². The number of rotatable bonds is 18. The summed E-state index contributed by atoms with van der Waals surface area (Å²) in [6, 6.07) is 13.2. The van der Waals surface area contributed by atoms with Gasteiger partial charge in [0.25, 0.3) is 17.6 Å². The van der Waals surface area contributed by atoms with Gasteiger partial charge in [-0.2, -0.15) is 15.3 Å². The number of nitrogen functional groups attached to an aromatic ring is 3. The molecule has 3 atom stereocenters. The first kappa shape index (κ1) is 66.6. The summed E-state index contributed by atoms with van der Waals surface area (Å²) < 4.78 is 28.7. The third-order valence-electron chi connectivity index (χ3n) is 18.2. The second kappa shape index (κ2) is 30.0. The highest BCUT2D eigenvalue weighted by atomic mass is 16.5. The number of benzene rings is 3. The zero-order chi connectivity index (χ0) is 66.9. The first-order valence-corrected chi connectivity index (χ1v) is 32.6. The van der Waals surface area contributed by atoms with Crippen LogP contribution in [0.1, 0.15) is 115 Å². The Morgan fingerprint density at radius 2 is 0.884 bits per heavy atom. The molecular formula is C71H86N20O4. The van der Waals surface area contributed by atoms with Crippen molar-refractivity contribution in [2.75, 3.05) is 84.3 Å². The molecule has 24 heteroatoms. The largest absolute Gasteiger partial charge is 0.433 e. The molecule has 9 heterocycles. The minimum absolute atomic E-state index is 0.0359. The molecule has 3 aromatic carbocycles. The molecule has 4 aliphatic rings. The Labute approximate surface area is 556 Å². The van der Waals surface area contributed by atoms with Crippen LogP contribution in [0.5, 0.6) is 34.9 Å². The molecule has 13 rings (SSSR count). The van der Waals surface area contributed by atoms with Gasteiger partial charge in [0.15, 0.2) is 34.7 Å². The van der Waals surface area contributed by atoms with Gasteiger partial charge in [0.05, 0.1) is 85.5 Å². The van der Waals surface area contributed by atoms with E-state index in [0.29, 0.717) is 55.2 Å². The highest BCUT2D eigenvalue weighted by Crippen LogP contribution is 2.38. The molecule has 1 aliphatic carbocycles. The number of nitrogens with zero attached hydrogens (tertiary/aromatic N) is 17. The van der Waals surface area contributed by atoms with Crippen molar-refractivity contribution in [1.82, 2.24) is 73.9 Å². The maximum absolute atomic E-state index is 7.37. The van der Waals surface area contributed by atoms with E-state index in [-0.39, 0.29) is 53.2 Å². The fourth-order valence-corrected chi connectivity index (χ4v) is 13.0. The van der Waals surface area contributed by atoms with Crippen LogP contribution in [-0.2, 0) is 43.6 Å². The number of aromatic nitrogens is 12. The van der Waals surface area contributed by atoms with Crippen molar-refractivity contribution in [2.24, 2.45) is 5.92 Å². The third kappa shape index (κ3) is 16.0. The minimum Gasteiger partial charge on any atom is -0.433 e. The van der Waals surface area contributed by atoms with Gasteiger partial charge in [-0.15, -0.1) is 0 Å². The van der Waals surface area contributed by atoms with Gasteiger partial charge in [-0.05, 0) is 187 Å². The fourth-order valence-electron chi connectivity index (χ4n) is 13.0. The van der Waals surface area contributed by atoms with Crippen LogP contribution < -0.4 is 31.4 Å². The molecule has 6 aromatic heterocycles. The van der Waals surface area contributed by atoms with Crippen molar-refractivity contribution in [3.05, 3.63) is 165 Å². The van der Waals surface area contributed by atoms with E-state index in [2.05, 4.69) is 143 Å². The Balaban J connectivity index is 0.000000145. The Morgan fingerprint density at radius 1 is 0.516 bits per heavy atom. The van der Waals surface area contributed by atoms with E-state index in [1.807, 2.05) is 42.5 Å². The summed E-state index contributed by atoms with van der Waals surface area (Å²) in [7, 11) is 6.43. The maximum Gasteiger partial charge on any atom is 0.263 e. The lowest BCUT2D eigenvalue weighted by Gasteiger charge is -2.27. The number of anilines is 3. The topological polar surface area (TPSA) is 264 Å². The predicted molar refractivity (Wildman–Crippen MR) is 367 cm³/mol. The fraction of sp³-hybridized carbons (Fsp3) is 0.423. The normalized spacial score (nSPS) is 15.7. The predicted octanol–water partition coefficient (Wildman–Crippen LogP) is 11.8. The zero-order valence-electron chi connectivity index (χ0n) is 56.0. The van der Waals surface area contributed by atoms with Gasteiger partial charge in [-0.1, -0.05) is 12.8 Å². The second-order valence-corrected chi connectivity index (χ2v) is 25.5. The molecule has 0 bridgehead atoms. The van der Waals surface area contributed by atoms with Gasteiger partial charge in [0, 0.05) is 62.6 Å². The van der Waals surface area contributed by atoms with Gasteiger partial charge in [0.2, 0.25) is 13.1 Å². The van der Waals surface area contributed by atoms with Crippen LogP contribution in [-0.4, -0.2) is 141 Å². The van der Waals surface area contributed by atoms with Crippen molar-refractivity contribution < 1.29 is 18.9 Å². The summed E-state index contributed by atoms with van der Waals surface area (Å²) >= 11 is 0. The number of hydrogen-bond donors (Lipinski definition) is 3. The molecule has 0 radical (unpaired) electrons. The van der Waals surface area contributed by atoms with Crippen LogP contribution in [0.15, 0.2) is 92.2 Å². The summed E-state index contributed by atoms with van der Waals surface area (Å²) in [5.74, 6) is 3.60. The van der Waals surface area contributed by atoms with Crippen molar-refractivity contribution in [3.63, 3.8) is 0 Å². The molecular weight excluding hydrogens is 1200 g/mol. The molecule has 0 spiro atoms. The summed E-state index contributed by atoms with van der Waals surface area (Å²) in [4.78, 5) is 41.0. The first-order chi connectivity index (χ1) is 45.9. The SMILES string of the molecule is CCOCC(C)n1cc(Oc2nc(-c3cc(C)c4c(c3)CN(C)CC4)cnc2N)cn1.[C-]#[N+]CC(C)n1cc(Oc2nc(-c3cc(C)c4c(c3)CN(C)CC4)cnc2N)cn1.[C-]#[N+]CC(C1CCCC1)n1cc(Oc2nc(-c3cc(C)c4c(c3)CN(C)CC4)cnc2N)cn1. The molecule has 24 nitrogen and oxygen atoms in total. The summed E-state index contributed by atoms with van der Waals surface area (Å²) in [5.41, 5.74) is 35.5. The Morgan fingerprint density at radius 3 is 1.26 bits per heavy atom. The van der Waals surface area contributed by atoms with Crippen LogP contribution in [0.3, 0.4) is 0 Å². The second-order valence-electron chi connectivity index (χ2n) is 25.5. The first-order valence-electron chi connectivity index (χ1n) is 32.6. The van der Waals surface area contributed by atoms with Gasteiger partial charge in [0.1, 0.15) is 12.1 Å². The lowest BCUT2D eigenvalue weighted by atomic mass is 9.92. The molecule has 3 unspecified atom stereocenters. The standard InChI is InChI=1S/C26H31N7O.C23H30N6O2.C22H25N7O/c1-17-10-19(11-20-15-32(3)9-8-22(17)20)23-13-29-25(27)26(31-23)34-21-12-30-33(16-21)24(14-28-2)18-6-4-5-7-18;1-5-30-14-16(3)29-13-19(10-26-29)31-23-22(24)25-11-21(27-23)17-8-15(2)20-6-7-28(4)12-18(20)9-17;1-14-7-16(8-17-12-28(4)6-5-19(14)17)20-11-25-21(23)22(27-20)30-18-10-26-29(13-18)15(2)9-24-3/h10-13,16,18,24H,4-9,14-15H2,1,3H3,(H2,27,29);8-11,13,16H,5-7,12,14H2,1-4H3,(H2,24,25);7-8,10-11,13,15H,5-6,9,12H2,1-2,4H3,(H2,23,25). The summed E-state index contributed by atoms with van der Waals surface area (Å²) in [6.45, 7) is 34.9. The number of ether oxygens (including phenoxy) is 4. The van der Waals surface area contributed by atoms with Gasteiger partial charge in [-0.25, -0.2) is 43.0 Å². The van der Waals surface area contributed by atoms with Crippen LogP contribution in [0, 0.1) is 39.8 Å². The summed E-state index contributed by atoms with van der Waals surface area (Å²) in [5, 5.41) is 13.1. The number of aryl methyl sites for hydroxylation is 3. The average Bonchev–Trinajstić information content (AvgIpc) is 1.67. The zero-order valence-corrected chi connectivity index (χ0v) is 56.0. The third-order valence-corrected chi connectivity index (χ3v) is 18.2. The lowest BCUT2D eigenvalue weighted by molar-refractivity contribution is 0.115. The number of nitrogens with two attached hydrogens (primary N) is 3. The van der Waals surface area contributed by atoms with E-state index in [4.69, 9.17) is 54.3 Å². The highest BCUT2D eigenvalue weighted by molar-refractivity contribution is 5.67. The molecule has 494 valence electrons. The van der Waals surface area contributed by atoms with Gasteiger partial charge >= 0.3 is 0 Å². The number of hydrogen-bond acceptors (Lipinski definition) is 19. The van der Waals surface area contributed by atoms with Crippen molar-refractivity contribution in [1.29, 1.82) is 0 Å². The minimum atomic E-state index is -0.0359. The molecule has 9 aromatic rings. The van der Waals surface area contributed by atoms with Gasteiger partial charge < -0.3 is 60.5 Å². The molecule has 1 fully saturated rings. The summed E-state index contributed by atoms with van der Waals surface area (Å²) in [6.07, 6.45) is 23.3. The molecule has 95 heavy (non-hydrogen) atoms. The molecule has 3 aliphatic heterocycles. The molecule has 0 saturated heterocycles. The van der Waals surface area contributed by atoms with Crippen molar-refractivity contribution in [2.45, 2.75) is 124 Å². The van der Waals surface area contributed by atoms with E-state index < -0.39 is 0 Å². The monoisotopic (exact) mass is 1280 g/mol. The Bertz CT molecular complexity index is 4250. The van der Waals surface area contributed by atoms with E-state index in [9.17, 15) is 0 Å². The number of likely N-dealkylation sites (N-methyl/N-ethyl adjacent to an activating group) is 3. The smallest absolute Gasteiger partial charge is 0.263 e. The average molecular weight is 1280 g/mol.